The van der Waals surface area contributed by atoms with Crippen molar-refractivity contribution < 1.29 is 4.79 Å². The summed E-state index contributed by atoms with van der Waals surface area (Å²) in [6.45, 7) is 2.76. The van der Waals surface area contributed by atoms with Gasteiger partial charge in [-0.3, -0.25) is 4.68 Å². The maximum absolute atomic E-state index is 12.6. The van der Waals surface area contributed by atoms with Crippen molar-refractivity contribution in [3.8, 4) is 0 Å². The molecule has 0 saturated carbocycles. The van der Waals surface area contributed by atoms with Crippen LogP contribution in [0.1, 0.15) is 54.2 Å². The van der Waals surface area contributed by atoms with E-state index in [1.807, 2.05) is 61.7 Å². The lowest BCUT2D eigenvalue weighted by Gasteiger charge is -2.25. The third-order valence-electron chi connectivity index (χ3n) is 5.39. The van der Waals surface area contributed by atoms with E-state index >= 15 is 0 Å². The summed E-state index contributed by atoms with van der Waals surface area (Å²) in [5.41, 5.74) is 4.71. The fraction of sp³-hybridized carbons (Fsp3) is 0.304. The van der Waals surface area contributed by atoms with Crippen LogP contribution in [0, 0.1) is 0 Å². The molecule has 0 aliphatic heterocycles. The van der Waals surface area contributed by atoms with Crippen molar-refractivity contribution in [2.75, 3.05) is 0 Å². The van der Waals surface area contributed by atoms with E-state index < -0.39 is 0 Å². The van der Waals surface area contributed by atoms with Gasteiger partial charge in [0.25, 0.3) is 0 Å². The Labute approximate surface area is 165 Å². The van der Waals surface area contributed by atoms with Gasteiger partial charge >= 0.3 is 6.03 Å². The van der Waals surface area contributed by atoms with Crippen LogP contribution in [0.3, 0.4) is 0 Å². The SMILES string of the molecule is CC(NC(=O)NC1CCCc2c1cnn2Cc1ccccc1)c1ccccc1. The minimum Gasteiger partial charge on any atom is -0.332 e. The molecule has 3 aromatic rings. The highest BCUT2D eigenvalue weighted by Gasteiger charge is 2.26. The van der Waals surface area contributed by atoms with E-state index in [0.29, 0.717) is 0 Å². The van der Waals surface area contributed by atoms with Gasteiger partial charge in [-0.15, -0.1) is 0 Å². The second-order valence-corrected chi connectivity index (χ2v) is 7.38. The average molecular weight is 374 g/mol. The van der Waals surface area contributed by atoms with E-state index in [-0.39, 0.29) is 18.1 Å². The molecule has 5 heteroatoms. The summed E-state index contributed by atoms with van der Waals surface area (Å²) < 4.78 is 2.07. The fourth-order valence-electron chi connectivity index (χ4n) is 3.88. The van der Waals surface area contributed by atoms with Gasteiger partial charge in [-0.25, -0.2) is 4.79 Å². The van der Waals surface area contributed by atoms with E-state index in [1.165, 1.54) is 11.3 Å². The summed E-state index contributed by atoms with van der Waals surface area (Å²) in [4.78, 5) is 12.6. The summed E-state index contributed by atoms with van der Waals surface area (Å²) in [5.74, 6) is 0. The lowest BCUT2D eigenvalue weighted by atomic mass is 9.93. The molecule has 2 N–H and O–H groups in total. The molecule has 2 unspecified atom stereocenters. The molecular formula is C23H26N4O. The van der Waals surface area contributed by atoms with E-state index in [0.717, 1.165) is 36.9 Å². The van der Waals surface area contributed by atoms with Crippen molar-refractivity contribution in [3.05, 3.63) is 89.2 Å². The van der Waals surface area contributed by atoms with Crippen molar-refractivity contribution in [2.45, 2.75) is 44.8 Å². The van der Waals surface area contributed by atoms with Crippen molar-refractivity contribution in [3.63, 3.8) is 0 Å². The lowest BCUT2D eigenvalue weighted by Crippen LogP contribution is -2.40. The van der Waals surface area contributed by atoms with Gasteiger partial charge in [0, 0.05) is 11.3 Å². The van der Waals surface area contributed by atoms with Crippen molar-refractivity contribution in [2.24, 2.45) is 0 Å². The summed E-state index contributed by atoms with van der Waals surface area (Å²) in [7, 11) is 0. The van der Waals surface area contributed by atoms with E-state index in [2.05, 4.69) is 32.5 Å². The van der Waals surface area contributed by atoms with Crippen LogP contribution in [-0.4, -0.2) is 15.8 Å². The Kier molecular flexibility index (Phi) is 5.42. The second kappa shape index (κ2) is 8.30. The molecule has 0 radical (unpaired) electrons. The van der Waals surface area contributed by atoms with Crippen LogP contribution in [0.4, 0.5) is 4.79 Å². The fourth-order valence-corrected chi connectivity index (χ4v) is 3.88. The normalized spacial score (nSPS) is 16.8. The number of nitrogens with one attached hydrogen (secondary N) is 2. The Morgan fingerprint density at radius 2 is 1.86 bits per heavy atom. The third kappa shape index (κ3) is 4.09. The number of carbonyl (C=O) groups is 1. The smallest absolute Gasteiger partial charge is 0.315 e. The van der Waals surface area contributed by atoms with Crippen LogP contribution >= 0.6 is 0 Å². The second-order valence-electron chi connectivity index (χ2n) is 7.38. The standard InChI is InChI=1S/C23H26N4O/c1-17(19-11-6-3-7-12-19)25-23(28)26-21-13-8-14-22-20(21)15-24-27(22)16-18-9-4-2-5-10-18/h2-7,9-12,15,17,21H,8,13-14,16H2,1H3,(H2,25,26,28). The molecule has 0 fully saturated rings. The first-order valence-electron chi connectivity index (χ1n) is 9.91. The lowest BCUT2D eigenvalue weighted by molar-refractivity contribution is 0.232. The highest BCUT2D eigenvalue weighted by Crippen LogP contribution is 2.30. The number of hydrogen-bond acceptors (Lipinski definition) is 2. The average Bonchev–Trinajstić information content (AvgIpc) is 3.13. The third-order valence-corrected chi connectivity index (χ3v) is 5.39. The number of aromatic nitrogens is 2. The molecule has 0 bridgehead atoms. The topological polar surface area (TPSA) is 59.0 Å². The molecule has 2 amide bonds. The Morgan fingerprint density at radius 3 is 2.61 bits per heavy atom. The number of hydrogen-bond donors (Lipinski definition) is 2. The molecule has 1 aliphatic carbocycles. The summed E-state index contributed by atoms with van der Waals surface area (Å²) in [6, 6.07) is 20.2. The largest absolute Gasteiger partial charge is 0.332 e. The van der Waals surface area contributed by atoms with Gasteiger partial charge in [-0.2, -0.15) is 5.10 Å². The first-order chi connectivity index (χ1) is 13.7. The number of carbonyl (C=O) groups excluding carboxylic acids is 1. The maximum Gasteiger partial charge on any atom is 0.315 e. The molecule has 2 aromatic carbocycles. The molecule has 4 rings (SSSR count). The first-order valence-corrected chi connectivity index (χ1v) is 9.91. The van der Waals surface area contributed by atoms with Gasteiger partial charge in [0.15, 0.2) is 0 Å². The quantitative estimate of drug-likeness (QED) is 0.697. The molecule has 1 heterocycles. The van der Waals surface area contributed by atoms with Crippen molar-refractivity contribution in [1.82, 2.24) is 20.4 Å². The molecule has 5 nitrogen and oxygen atoms in total. The summed E-state index contributed by atoms with van der Waals surface area (Å²) in [6.07, 6.45) is 4.91. The van der Waals surface area contributed by atoms with E-state index in [9.17, 15) is 4.79 Å². The summed E-state index contributed by atoms with van der Waals surface area (Å²) in [5, 5.41) is 10.8. The van der Waals surface area contributed by atoms with Gasteiger partial charge in [0.05, 0.1) is 24.8 Å². The molecule has 28 heavy (non-hydrogen) atoms. The van der Waals surface area contributed by atoms with E-state index in [1.54, 1.807) is 0 Å². The molecule has 144 valence electrons. The highest BCUT2D eigenvalue weighted by atomic mass is 16.2. The van der Waals surface area contributed by atoms with Crippen molar-refractivity contribution in [1.29, 1.82) is 0 Å². The number of nitrogens with zero attached hydrogens (tertiary/aromatic N) is 2. The van der Waals surface area contributed by atoms with E-state index in [4.69, 9.17) is 0 Å². The molecule has 0 saturated heterocycles. The molecule has 1 aliphatic rings. The monoisotopic (exact) mass is 374 g/mol. The van der Waals surface area contributed by atoms with Gasteiger partial charge in [0.2, 0.25) is 0 Å². The van der Waals surface area contributed by atoms with Crippen LogP contribution in [0.15, 0.2) is 66.9 Å². The minimum absolute atomic E-state index is 0.0104. The van der Waals surface area contributed by atoms with Gasteiger partial charge in [-0.05, 0) is 37.3 Å². The van der Waals surface area contributed by atoms with Crippen LogP contribution in [0.5, 0.6) is 0 Å². The number of fused-ring (bicyclic) bond motifs is 1. The van der Waals surface area contributed by atoms with Crippen LogP contribution in [0.25, 0.3) is 0 Å². The van der Waals surface area contributed by atoms with Crippen molar-refractivity contribution >= 4 is 6.03 Å². The zero-order valence-electron chi connectivity index (χ0n) is 16.1. The van der Waals surface area contributed by atoms with Gasteiger partial charge in [0.1, 0.15) is 0 Å². The Morgan fingerprint density at radius 1 is 1.14 bits per heavy atom. The predicted octanol–water partition coefficient (Wildman–Crippen LogP) is 4.37. The maximum atomic E-state index is 12.6. The zero-order chi connectivity index (χ0) is 19.3. The van der Waals surface area contributed by atoms with Crippen LogP contribution in [-0.2, 0) is 13.0 Å². The molecular weight excluding hydrogens is 348 g/mol. The molecule has 2 atom stereocenters. The number of urea groups is 1. The van der Waals surface area contributed by atoms with Crippen LogP contribution in [0.2, 0.25) is 0 Å². The molecule has 0 spiro atoms. The van der Waals surface area contributed by atoms with Gasteiger partial charge < -0.3 is 10.6 Å². The molecule has 1 aromatic heterocycles. The summed E-state index contributed by atoms with van der Waals surface area (Å²) >= 11 is 0. The van der Waals surface area contributed by atoms with Gasteiger partial charge in [-0.1, -0.05) is 60.7 Å². The first kappa shape index (κ1) is 18.3. The Bertz CT molecular complexity index is 920. The number of benzene rings is 2. The minimum atomic E-state index is -0.134. The predicted molar refractivity (Wildman–Crippen MR) is 110 cm³/mol. The Hall–Kier alpha value is -3.08. The number of rotatable bonds is 5. The highest BCUT2D eigenvalue weighted by molar-refractivity contribution is 5.75. The number of amides is 2. The zero-order valence-corrected chi connectivity index (χ0v) is 16.1. The Balaban J connectivity index is 1.42. The van der Waals surface area contributed by atoms with Crippen LogP contribution < -0.4 is 10.6 Å².